The van der Waals surface area contributed by atoms with Crippen molar-refractivity contribution in [3.8, 4) is 17.1 Å². The molecule has 36 heavy (non-hydrogen) atoms. The summed E-state index contributed by atoms with van der Waals surface area (Å²) in [5.41, 5.74) is 0.495. The Hall–Kier alpha value is -4.00. The van der Waals surface area contributed by atoms with Crippen molar-refractivity contribution >= 4 is 23.9 Å². The average Bonchev–Trinajstić information content (AvgIpc) is 3.22. The second kappa shape index (κ2) is 11.6. The molecule has 1 aliphatic rings. The van der Waals surface area contributed by atoms with E-state index >= 15 is 0 Å². The summed E-state index contributed by atoms with van der Waals surface area (Å²) >= 11 is 0. The maximum atomic E-state index is 12.0. The first-order chi connectivity index (χ1) is 17.0. The van der Waals surface area contributed by atoms with Gasteiger partial charge in [0.05, 0.1) is 5.56 Å². The molecule has 2 aromatic rings. The Kier molecular flexibility index (Phi) is 8.59. The maximum absolute atomic E-state index is 12.0. The Morgan fingerprint density at radius 2 is 1.50 bits per heavy atom. The summed E-state index contributed by atoms with van der Waals surface area (Å²) in [5, 5.41) is 6.89. The number of aryl methyl sites for hydroxylation is 1. The van der Waals surface area contributed by atoms with Gasteiger partial charge in [-0.25, -0.2) is 4.98 Å². The van der Waals surface area contributed by atoms with E-state index in [-0.39, 0.29) is 12.4 Å². The highest BCUT2D eigenvalue weighted by molar-refractivity contribution is 5.69. The lowest BCUT2D eigenvalue weighted by Crippen LogP contribution is -2.63. The molecule has 2 heterocycles. The van der Waals surface area contributed by atoms with Crippen LogP contribution in [0.5, 0.6) is 5.75 Å². The number of carbonyl (C=O) groups excluding carboxylic acids is 4. The molecule has 0 aliphatic carbocycles. The quantitative estimate of drug-likeness (QED) is 0.403. The summed E-state index contributed by atoms with van der Waals surface area (Å²) in [6, 6.07) is 6.78. The van der Waals surface area contributed by atoms with Gasteiger partial charge in [-0.3, -0.25) is 24.3 Å². The normalized spacial score (nSPS) is 23.3. The lowest BCUT2D eigenvalue weighted by molar-refractivity contribution is -0.288. The minimum atomic E-state index is -1.37. The van der Waals surface area contributed by atoms with Crippen LogP contribution in [0.1, 0.15) is 33.5 Å². The van der Waals surface area contributed by atoms with E-state index in [0.717, 1.165) is 20.8 Å². The monoisotopic (exact) mass is 505 g/mol. The number of ether oxygens (including phenoxy) is 6. The molecule has 0 spiro atoms. The molecule has 0 radical (unpaired) electrons. The van der Waals surface area contributed by atoms with E-state index in [1.54, 1.807) is 31.2 Å². The number of nitrogens with one attached hydrogen (secondary N) is 1. The van der Waals surface area contributed by atoms with Crippen molar-refractivity contribution in [1.82, 2.24) is 15.2 Å². The number of H-pyrrole nitrogens is 1. The third-order valence-corrected chi connectivity index (χ3v) is 4.92. The van der Waals surface area contributed by atoms with Crippen LogP contribution in [0.25, 0.3) is 11.4 Å². The number of aromatic nitrogens is 3. The van der Waals surface area contributed by atoms with Crippen LogP contribution in [0.4, 0.5) is 0 Å². The van der Waals surface area contributed by atoms with Crippen molar-refractivity contribution in [2.75, 3.05) is 6.61 Å². The number of aromatic amines is 1. The summed E-state index contributed by atoms with van der Waals surface area (Å²) in [5.74, 6) is -1.63. The molecule has 1 aromatic heterocycles. The second-order valence-corrected chi connectivity index (χ2v) is 7.93. The molecule has 1 aliphatic heterocycles. The molecule has 0 unspecified atom stereocenters. The number of benzene rings is 1. The number of rotatable bonds is 8. The van der Waals surface area contributed by atoms with Gasteiger partial charge in [0.2, 0.25) is 12.4 Å². The van der Waals surface area contributed by atoms with Crippen LogP contribution in [0.2, 0.25) is 0 Å². The molecule has 13 nitrogen and oxygen atoms in total. The smallest absolute Gasteiger partial charge is 0.303 e. The molecule has 1 N–H and O–H groups in total. The summed E-state index contributed by atoms with van der Waals surface area (Å²) in [4.78, 5) is 51.6. The molecular formula is C23H27N3O10. The Balaban J connectivity index is 2.03. The van der Waals surface area contributed by atoms with E-state index in [9.17, 15) is 19.2 Å². The van der Waals surface area contributed by atoms with Gasteiger partial charge in [0, 0.05) is 27.7 Å². The van der Waals surface area contributed by atoms with Crippen molar-refractivity contribution in [3.05, 3.63) is 30.1 Å². The van der Waals surface area contributed by atoms with Gasteiger partial charge >= 0.3 is 23.9 Å². The number of hydrogen-bond donors (Lipinski definition) is 1. The zero-order valence-corrected chi connectivity index (χ0v) is 20.4. The van der Waals surface area contributed by atoms with Crippen molar-refractivity contribution in [1.29, 1.82) is 0 Å². The van der Waals surface area contributed by atoms with Gasteiger partial charge in [-0.2, -0.15) is 5.10 Å². The van der Waals surface area contributed by atoms with Gasteiger partial charge in [0.25, 0.3) is 0 Å². The van der Waals surface area contributed by atoms with Gasteiger partial charge < -0.3 is 28.4 Å². The minimum absolute atomic E-state index is 0.261. The second-order valence-electron chi connectivity index (χ2n) is 7.93. The fraction of sp³-hybridized carbons (Fsp3) is 0.478. The summed E-state index contributed by atoms with van der Waals surface area (Å²) in [6.07, 6.45) is -6.47. The van der Waals surface area contributed by atoms with E-state index in [0.29, 0.717) is 17.2 Å². The molecule has 3 rings (SSSR count). The van der Waals surface area contributed by atoms with Crippen LogP contribution in [0, 0.1) is 6.92 Å². The SMILES string of the molecule is CC(=O)OC[C@@H]1O[C@H](Oc2ccccc2-c2n[nH]c(C)n2)[C@@H](OC(C)=O)[C@H](OC(C)=O)[C@H]1OC(C)=O. The van der Waals surface area contributed by atoms with Crippen molar-refractivity contribution in [2.45, 2.75) is 65.3 Å². The molecule has 0 amide bonds. The molecule has 1 saturated heterocycles. The highest BCUT2D eigenvalue weighted by atomic mass is 16.7. The fourth-order valence-corrected chi connectivity index (χ4v) is 3.63. The molecule has 194 valence electrons. The molecule has 0 bridgehead atoms. The Morgan fingerprint density at radius 1 is 0.889 bits per heavy atom. The van der Waals surface area contributed by atoms with Crippen molar-refractivity contribution < 1.29 is 47.6 Å². The number of carbonyl (C=O) groups is 4. The summed E-state index contributed by atoms with van der Waals surface area (Å²) in [7, 11) is 0. The van der Waals surface area contributed by atoms with E-state index in [2.05, 4.69) is 15.2 Å². The lowest BCUT2D eigenvalue weighted by Gasteiger charge is -2.44. The van der Waals surface area contributed by atoms with Crippen LogP contribution in [-0.4, -0.2) is 76.4 Å². The van der Waals surface area contributed by atoms with E-state index < -0.39 is 54.6 Å². The molecule has 13 heteroatoms. The van der Waals surface area contributed by atoms with Gasteiger partial charge in [0.15, 0.2) is 18.0 Å². The number of hydrogen-bond acceptors (Lipinski definition) is 12. The van der Waals surface area contributed by atoms with Crippen LogP contribution < -0.4 is 4.74 Å². The first-order valence-electron chi connectivity index (χ1n) is 11.0. The Bertz CT molecular complexity index is 1120. The van der Waals surface area contributed by atoms with Gasteiger partial charge in [0.1, 0.15) is 24.3 Å². The third kappa shape index (κ3) is 6.78. The average molecular weight is 505 g/mol. The molecule has 1 fully saturated rings. The lowest BCUT2D eigenvalue weighted by atomic mass is 9.98. The van der Waals surface area contributed by atoms with Gasteiger partial charge in [-0.05, 0) is 19.1 Å². The first-order valence-corrected chi connectivity index (χ1v) is 11.0. The molecule has 1 aromatic carbocycles. The standard InChI is InChI=1S/C23H27N3O10/c1-11-24-22(26-25-11)16-8-6-7-9-17(16)35-23-21(34-15(5)30)20(33-14(4)29)19(32-13(3)28)18(36-23)10-31-12(2)27/h6-9,18-21,23H,10H2,1-5H3,(H,24,25,26)/t18-,19-,20+,21-,23-/m0/s1. The van der Waals surface area contributed by atoms with Crippen LogP contribution in [0.3, 0.4) is 0 Å². The predicted molar refractivity (Wildman–Crippen MR) is 119 cm³/mol. The Labute approximate surface area is 206 Å². The van der Waals surface area contributed by atoms with Crippen molar-refractivity contribution in [3.63, 3.8) is 0 Å². The van der Waals surface area contributed by atoms with Crippen LogP contribution in [-0.2, 0) is 42.9 Å². The fourth-order valence-electron chi connectivity index (χ4n) is 3.63. The van der Waals surface area contributed by atoms with Gasteiger partial charge in [-0.15, -0.1) is 0 Å². The third-order valence-electron chi connectivity index (χ3n) is 4.92. The predicted octanol–water partition coefficient (Wildman–Crippen LogP) is 1.24. The summed E-state index contributed by atoms with van der Waals surface area (Å²) < 4.78 is 33.3. The molecule has 0 saturated carbocycles. The molecular weight excluding hydrogens is 478 g/mol. The number of nitrogens with zero attached hydrogens (tertiary/aromatic N) is 2. The number of para-hydroxylation sites is 1. The maximum Gasteiger partial charge on any atom is 0.303 e. The minimum Gasteiger partial charge on any atom is -0.463 e. The topological polar surface area (TPSA) is 165 Å². The van der Waals surface area contributed by atoms with E-state index in [1.807, 2.05) is 0 Å². The first kappa shape index (κ1) is 26.6. The van der Waals surface area contributed by atoms with E-state index in [1.165, 1.54) is 6.92 Å². The summed E-state index contributed by atoms with van der Waals surface area (Å²) in [6.45, 7) is 6.00. The zero-order valence-electron chi connectivity index (χ0n) is 20.4. The highest BCUT2D eigenvalue weighted by Gasteiger charge is 2.53. The van der Waals surface area contributed by atoms with Gasteiger partial charge in [-0.1, -0.05) is 12.1 Å². The zero-order chi connectivity index (χ0) is 26.4. The number of esters is 4. The Morgan fingerprint density at radius 3 is 2.08 bits per heavy atom. The van der Waals surface area contributed by atoms with Crippen LogP contribution >= 0.6 is 0 Å². The van der Waals surface area contributed by atoms with Crippen molar-refractivity contribution in [2.24, 2.45) is 0 Å². The molecule has 5 atom stereocenters. The highest BCUT2D eigenvalue weighted by Crippen LogP contribution is 2.34. The largest absolute Gasteiger partial charge is 0.463 e. The van der Waals surface area contributed by atoms with E-state index in [4.69, 9.17) is 28.4 Å². The van der Waals surface area contributed by atoms with Crippen LogP contribution in [0.15, 0.2) is 24.3 Å².